The van der Waals surface area contributed by atoms with Crippen molar-refractivity contribution in [3.05, 3.63) is 29.3 Å². The Morgan fingerprint density at radius 1 is 1.06 bits per heavy atom. The van der Waals surface area contributed by atoms with Crippen LogP contribution in [0.4, 0.5) is 5.69 Å². The second kappa shape index (κ2) is 5.78. The molecule has 0 radical (unpaired) electrons. The second-order valence-corrected chi connectivity index (χ2v) is 5.27. The van der Waals surface area contributed by atoms with E-state index in [-0.39, 0.29) is 0 Å². The normalized spacial score (nSPS) is 17.5. The number of anilines is 1. The van der Waals surface area contributed by atoms with Gasteiger partial charge in [-0.05, 0) is 37.1 Å². The lowest BCUT2D eigenvalue weighted by Crippen LogP contribution is -2.47. The first-order valence-electron chi connectivity index (χ1n) is 6.36. The summed E-state index contributed by atoms with van der Waals surface area (Å²) in [7, 11) is 0. The fourth-order valence-corrected chi connectivity index (χ4v) is 2.58. The molecule has 0 amide bonds. The van der Waals surface area contributed by atoms with Crippen molar-refractivity contribution < 1.29 is 0 Å². The third-order valence-corrected chi connectivity index (χ3v) is 3.84. The van der Waals surface area contributed by atoms with Crippen LogP contribution in [-0.2, 0) is 0 Å². The lowest BCUT2D eigenvalue weighted by atomic mass is 10.1. The van der Waals surface area contributed by atoms with Crippen LogP contribution in [-0.4, -0.2) is 43.4 Å². The standard InChI is InChI=1S/C14H22N2S/c1-12-3-4-14(11-13(12)2)16-7-5-15(6-8-16)9-10-17/h3-4,11,17H,5-10H2,1-2H3. The predicted molar refractivity (Wildman–Crippen MR) is 78.4 cm³/mol. The number of aryl methyl sites for hydroxylation is 2. The summed E-state index contributed by atoms with van der Waals surface area (Å²) < 4.78 is 0. The van der Waals surface area contributed by atoms with Crippen LogP contribution in [0, 0.1) is 13.8 Å². The summed E-state index contributed by atoms with van der Waals surface area (Å²) in [6.45, 7) is 10.1. The van der Waals surface area contributed by atoms with Crippen molar-refractivity contribution in [1.82, 2.24) is 4.90 Å². The van der Waals surface area contributed by atoms with Gasteiger partial charge in [-0.25, -0.2) is 0 Å². The molecule has 0 bridgehead atoms. The lowest BCUT2D eigenvalue weighted by molar-refractivity contribution is 0.273. The summed E-state index contributed by atoms with van der Waals surface area (Å²) >= 11 is 4.29. The van der Waals surface area contributed by atoms with Gasteiger partial charge < -0.3 is 4.90 Å². The molecule has 1 saturated heterocycles. The van der Waals surface area contributed by atoms with Gasteiger partial charge in [0.2, 0.25) is 0 Å². The van der Waals surface area contributed by atoms with Crippen LogP contribution < -0.4 is 4.90 Å². The summed E-state index contributed by atoms with van der Waals surface area (Å²) in [6, 6.07) is 6.78. The number of hydrogen-bond acceptors (Lipinski definition) is 3. The lowest BCUT2D eigenvalue weighted by Gasteiger charge is -2.36. The summed E-state index contributed by atoms with van der Waals surface area (Å²) in [6.07, 6.45) is 0. The first-order valence-corrected chi connectivity index (χ1v) is 6.99. The predicted octanol–water partition coefficient (Wildman–Crippen LogP) is 2.36. The first kappa shape index (κ1) is 12.8. The number of piperazine rings is 1. The molecular formula is C14H22N2S. The Bertz CT molecular complexity index is 370. The number of benzene rings is 1. The van der Waals surface area contributed by atoms with Crippen molar-refractivity contribution in [3.8, 4) is 0 Å². The van der Waals surface area contributed by atoms with Gasteiger partial charge in [-0.2, -0.15) is 12.6 Å². The highest BCUT2D eigenvalue weighted by Crippen LogP contribution is 2.20. The van der Waals surface area contributed by atoms with E-state index in [1.807, 2.05) is 0 Å². The van der Waals surface area contributed by atoms with Gasteiger partial charge >= 0.3 is 0 Å². The maximum atomic E-state index is 4.29. The first-order chi connectivity index (χ1) is 8.20. The van der Waals surface area contributed by atoms with Gasteiger partial charge in [0.1, 0.15) is 0 Å². The third kappa shape index (κ3) is 3.17. The van der Waals surface area contributed by atoms with Gasteiger partial charge in [0.25, 0.3) is 0 Å². The average molecular weight is 250 g/mol. The van der Waals surface area contributed by atoms with Crippen LogP contribution in [0.5, 0.6) is 0 Å². The summed E-state index contributed by atoms with van der Waals surface area (Å²) in [4.78, 5) is 4.98. The SMILES string of the molecule is Cc1ccc(N2CCN(CCS)CC2)cc1C. The zero-order valence-corrected chi connectivity index (χ0v) is 11.7. The van der Waals surface area contributed by atoms with E-state index in [2.05, 4.69) is 54.5 Å². The van der Waals surface area contributed by atoms with Crippen molar-refractivity contribution >= 4 is 18.3 Å². The van der Waals surface area contributed by atoms with Crippen molar-refractivity contribution in [1.29, 1.82) is 0 Å². The number of thiol groups is 1. The van der Waals surface area contributed by atoms with Gasteiger partial charge in [-0.1, -0.05) is 6.07 Å². The van der Waals surface area contributed by atoms with Crippen molar-refractivity contribution in [2.75, 3.05) is 43.4 Å². The Balaban J connectivity index is 1.98. The van der Waals surface area contributed by atoms with E-state index in [4.69, 9.17) is 0 Å². The monoisotopic (exact) mass is 250 g/mol. The molecule has 0 spiro atoms. The number of hydrogen-bond donors (Lipinski definition) is 1. The van der Waals surface area contributed by atoms with E-state index in [1.54, 1.807) is 0 Å². The molecule has 1 aromatic carbocycles. The molecule has 17 heavy (non-hydrogen) atoms. The Morgan fingerprint density at radius 3 is 2.35 bits per heavy atom. The molecule has 1 aliphatic heterocycles. The summed E-state index contributed by atoms with van der Waals surface area (Å²) in [5.74, 6) is 0.962. The maximum absolute atomic E-state index is 4.29. The zero-order chi connectivity index (χ0) is 12.3. The molecule has 0 aromatic heterocycles. The van der Waals surface area contributed by atoms with E-state index >= 15 is 0 Å². The maximum Gasteiger partial charge on any atom is 0.0369 e. The molecule has 1 aliphatic rings. The molecule has 2 nitrogen and oxygen atoms in total. The summed E-state index contributed by atoms with van der Waals surface area (Å²) in [5, 5.41) is 0. The van der Waals surface area contributed by atoms with E-state index in [0.717, 1.165) is 38.5 Å². The molecule has 2 rings (SSSR count). The van der Waals surface area contributed by atoms with Crippen LogP contribution in [0.3, 0.4) is 0 Å². The zero-order valence-electron chi connectivity index (χ0n) is 10.8. The van der Waals surface area contributed by atoms with Crippen molar-refractivity contribution in [2.24, 2.45) is 0 Å². The minimum Gasteiger partial charge on any atom is -0.369 e. The molecule has 0 aliphatic carbocycles. The number of nitrogens with zero attached hydrogens (tertiary/aromatic N) is 2. The Kier molecular flexibility index (Phi) is 4.35. The van der Waals surface area contributed by atoms with E-state index < -0.39 is 0 Å². The largest absolute Gasteiger partial charge is 0.369 e. The van der Waals surface area contributed by atoms with E-state index in [9.17, 15) is 0 Å². The summed E-state index contributed by atoms with van der Waals surface area (Å²) in [5.41, 5.74) is 4.14. The second-order valence-electron chi connectivity index (χ2n) is 4.82. The van der Waals surface area contributed by atoms with Gasteiger partial charge in [0, 0.05) is 44.2 Å². The van der Waals surface area contributed by atoms with Gasteiger partial charge in [0.05, 0.1) is 0 Å². The molecule has 3 heteroatoms. The molecule has 94 valence electrons. The quantitative estimate of drug-likeness (QED) is 0.823. The van der Waals surface area contributed by atoms with Gasteiger partial charge in [0.15, 0.2) is 0 Å². The molecule has 0 N–H and O–H groups in total. The van der Waals surface area contributed by atoms with Crippen LogP contribution in [0.1, 0.15) is 11.1 Å². The van der Waals surface area contributed by atoms with Gasteiger partial charge in [-0.3, -0.25) is 4.90 Å². The van der Waals surface area contributed by atoms with Crippen LogP contribution in [0.15, 0.2) is 18.2 Å². The molecular weight excluding hydrogens is 228 g/mol. The molecule has 1 aromatic rings. The minimum absolute atomic E-state index is 0.962. The van der Waals surface area contributed by atoms with Gasteiger partial charge in [-0.15, -0.1) is 0 Å². The topological polar surface area (TPSA) is 6.48 Å². The average Bonchev–Trinajstić information content (AvgIpc) is 2.34. The molecule has 0 saturated carbocycles. The van der Waals surface area contributed by atoms with E-state index in [0.29, 0.717) is 0 Å². The van der Waals surface area contributed by atoms with Crippen molar-refractivity contribution in [3.63, 3.8) is 0 Å². The Hall–Kier alpha value is -0.670. The smallest absolute Gasteiger partial charge is 0.0369 e. The number of rotatable bonds is 3. The van der Waals surface area contributed by atoms with E-state index in [1.165, 1.54) is 16.8 Å². The molecule has 0 unspecified atom stereocenters. The molecule has 1 fully saturated rings. The van der Waals surface area contributed by atoms with Crippen LogP contribution >= 0.6 is 12.6 Å². The molecule has 1 heterocycles. The Morgan fingerprint density at radius 2 is 1.76 bits per heavy atom. The fraction of sp³-hybridized carbons (Fsp3) is 0.571. The van der Waals surface area contributed by atoms with Crippen LogP contribution in [0.25, 0.3) is 0 Å². The minimum atomic E-state index is 0.962. The molecule has 0 atom stereocenters. The highest BCUT2D eigenvalue weighted by Gasteiger charge is 2.16. The van der Waals surface area contributed by atoms with Crippen LogP contribution in [0.2, 0.25) is 0 Å². The highest BCUT2D eigenvalue weighted by molar-refractivity contribution is 7.80. The fourth-order valence-electron chi connectivity index (χ4n) is 2.29. The highest BCUT2D eigenvalue weighted by atomic mass is 32.1. The third-order valence-electron chi connectivity index (χ3n) is 3.64. The van der Waals surface area contributed by atoms with Crippen molar-refractivity contribution in [2.45, 2.75) is 13.8 Å². The Labute approximate surface area is 110 Å².